The summed E-state index contributed by atoms with van der Waals surface area (Å²) in [6, 6.07) is 3.58. The van der Waals surface area contributed by atoms with E-state index in [2.05, 4.69) is 5.32 Å². The number of ether oxygens (including phenoxy) is 1. The third-order valence-corrected chi connectivity index (χ3v) is 2.35. The molecule has 0 saturated carbocycles. The van der Waals surface area contributed by atoms with Gasteiger partial charge in [0, 0.05) is 12.6 Å². The Labute approximate surface area is 99.4 Å². The van der Waals surface area contributed by atoms with Crippen LogP contribution in [0, 0.1) is 5.82 Å². The van der Waals surface area contributed by atoms with Crippen LogP contribution in [0.1, 0.15) is 23.7 Å². The Morgan fingerprint density at radius 2 is 2.29 bits per heavy atom. The van der Waals surface area contributed by atoms with Crippen LogP contribution in [0.4, 0.5) is 4.39 Å². The van der Waals surface area contributed by atoms with Gasteiger partial charge in [0.15, 0.2) is 0 Å². The molecule has 0 fully saturated rings. The lowest BCUT2D eigenvalue weighted by atomic mass is 10.1. The number of methoxy groups -OCH3 is 1. The van der Waals surface area contributed by atoms with Crippen molar-refractivity contribution in [3.05, 3.63) is 29.6 Å². The molecule has 1 amide bonds. The Hall–Kier alpha value is -1.62. The third-order valence-electron chi connectivity index (χ3n) is 2.35. The largest absolute Gasteiger partial charge is 0.496 e. The van der Waals surface area contributed by atoms with E-state index >= 15 is 0 Å². The average molecular weight is 241 g/mol. The van der Waals surface area contributed by atoms with E-state index < -0.39 is 11.7 Å². The summed E-state index contributed by atoms with van der Waals surface area (Å²) in [5.74, 6) is -0.590. The normalized spacial score (nSPS) is 12.0. The molecule has 0 bridgehead atoms. The van der Waals surface area contributed by atoms with Gasteiger partial charge in [0.25, 0.3) is 5.91 Å². The molecule has 1 rings (SSSR count). The fourth-order valence-electron chi connectivity index (χ4n) is 1.43. The molecule has 0 aliphatic heterocycles. The van der Waals surface area contributed by atoms with E-state index in [4.69, 9.17) is 9.84 Å². The van der Waals surface area contributed by atoms with Gasteiger partial charge in [-0.1, -0.05) is 0 Å². The van der Waals surface area contributed by atoms with Crippen molar-refractivity contribution >= 4 is 5.91 Å². The number of hydrogen-bond acceptors (Lipinski definition) is 3. The Balaban J connectivity index is 2.83. The highest BCUT2D eigenvalue weighted by Crippen LogP contribution is 2.19. The molecule has 0 aliphatic rings. The standard InChI is InChI=1S/C12H16FNO3/c1-8(5-6-15)14-12(16)10-7-9(13)3-4-11(10)17-2/h3-4,7-8,15H,5-6H2,1-2H3,(H,14,16)/t8-/m1/s1. The van der Waals surface area contributed by atoms with Gasteiger partial charge < -0.3 is 15.2 Å². The second kappa shape index (κ2) is 6.20. The molecule has 1 aromatic carbocycles. The average Bonchev–Trinajstić information content (AvgIpc) is 2.29. The molecule has 0 aliphatic carbocycles. The fraction of sp³-hybridized carbons (Fsp3) is 0.417. The molecule has 94 valence electrons. The first kappa shape index (κ1) is 13.4. The lowest BCUT2D eigenvalue weighted by Crippen LogP contribution is -2.33. The molecule has 0 saturated heterocycles. The minimum absolute atomic E-state index is 0.0122. The molecule has 0 unspecified atom stereocenters. The zero-order valence-corrected chi connectivity index (χ0v) is 9.87. The quantitative estimate of drug-likeness (QED) is 0.817. The minimum Gasteiger partial charge on any atom is -0.496 e. The van der Waals surface area contributed by atoms with Gasteiger partial charge in [0.1, 0.15) is 11.6 Å². The first-order chi connectivity index (χ1) is 8.08. The summed E-state index contributed by atoms with van der Waals surface area (Å²) in [5.41, 5.74) is 0.150. The van der Waals surface area contributed by atoms with Crippen LogP contribution >= 0.6 is 0 Å². The summed E-state index contributed by atoms with van der Waals surface area (Å²) in [6.45, 7) is 1.75. The van der Waals surface area contributed by atoms with E-state index in [-0.39, 0.29) is 18.2 Å². The molecule has 2 N–H and O–H groups in total. The van der Waals surface area contributed by atoms with Crippen molar-refractivity contribution in [3.63, 3.8) is 0 Å². The monoisotopic (exact) mass is 241 g/mol. The number of carbonyl (C=O) groups excluding carboxylic acids is 1. The Kier molecular flexibility index (Phi) is 4.90. The maximum absolute atomic E-state index is 13.1. The molecule has 17 heavy (non-hydrogen) atoms. The smallest absolute Gasteiger partial charge is 0.255 e. The van der Waals surface area contributed by atoms with Crippen LogP contribution < -0.4 is 10.1 Å². The molecule has 1 aromatic rings. The summed E-state index contributed by atoms with van der Waals surface area (Å²) in [7, 11) is 1.42. The van der Waals surface area contributed by atoms with Crippen molar-refractivity contribution in [2.24, 2.45) is 0 Å². The number of rotatable bonds is 5. The van der Waals surface area contributed by atoms with E-state index in [1.165, 1.54) is 19.2 Å². The van der Waals surface area contributed by atoms with Crippen LogP contribution in [-0.2, 0) is 0 Å². The Morgan fingerprint density at radius 3 is 2.88 bits per heavy atom. The van der Waals surface area contributed by atoms with Crippen molar-refractivity contribution < 1.29 is 19.0 Å². The second-order valence-electron chi connectivity index (χ2n) is 3.73. The van der Waals surface area contributed by atoms with E-state index in [0.29, 0.717) is 12.2 Å². The number of aliphatic hydroxyl groups excluding tert-OH is 1. The molecule has 0 aromatic heterocycles. The minimum atomic E-state index is -0.495. The summed E-state index contributed by atoms with van der Waals surface area (Å²) >= 11 is 0. The fourth-order valence-corrected chi connectivity index (χ4v) is 1.43. The van der Waals surface area contributed by atoms with E-state index in [0.717, 1.165) is 6.07 Å². The Bertz CT molecular complexity index is 395. The maximum Gasteiger partial charge on any atom is 0.255 e. The van der Waals surface area contributed by atoms with Gasteiger partial charge in [-0.2, -0.15) is 0 Å². The van der Waals surface area contributed by atoms with Crippen molar-refractivity contribution in [3.8, 4) is 5.75 Å². The van der Waals surface area contributed by atoms with Crippen molar-refractivity contribution in [2.45, 2.75) is 19.4 Å². The molecule has 4 nitrogen and oxygen atoms in total. The number of hydrogen-bond donors (Lipinski definition) is 2. The molecule has 0 radical (unpaired) electrons. The van der Waals surface area contributed by atoms with Crippen molar-refractivity contribution in [1.82, 2.24) is 5.32 Å². The van der Waals surface area contributed by atoms with Crippen LogP contribution in [0.15, 0.2) is 18.2 Å². The van der Waals surface area contributed by atoms with Crippen LogP contribution in [-0.4, -0.2) is 30.8 Å². The van der Waals surface area contributed by atoms with Gasteiger partial charge in [0.2, 0.25) is 0 Å². The number of benzene rings is 1. The van der Waals surface area contributed by atoms with Gasteiger partial charge >= 0.3 is 0 Å². The predicted octanol–water partition coefficient (Wildman–Crippen LogP) is 1.33. The van der Waals surface area contributed by atoms with E-state index in [1.807, 2.05) is 0 Å². The van der Waals surface area contributed by atoms with Crippen molar-refractivity contribution in [2.75, 3.05) is 13.7 Å². The number of halogens is 1. The number of carbonyl (C=O) groups is 1. The van der Waals surface area contributed by atoms with Gasteiger partial charge in [-0.15, -0.1) is 0 Å². The molecule has 0 heterocycles. The first-order valence-electron chi connectivity index (χ1n) is 5.33. The van der Waals surface area contributed by atoms with E-state index in [9.17, 15) is 9.18 Å². The van der Waals surface area contributed by atoms with Gasteiger partial charge in [0.05, 0.1) is 12.7 Å². The highest BCUT2D eigenvalue weighted by atomic mass is 19.1. The summed E-state index contributed by atoms with van der Waals surface area (Å²) < 4.78 is 18.0. The number of aliphatic hydroxyl groups is 1. The lowest BCUT2D eigenvalue weighted by Gasteiger charge is -2.14. The van der Waals surface area contributed by atoms with Gasteiger partial charge in [-0.05, 0) is 31.5 Å². The lowest BCUT2D eigenvalue weighted by molar-refractivity contribution is 0.0931. The van der Waals surface area contributed by atoms with Gasteiger partial charge in [-0.25, -0.2) is 4.39 Å². The maximum atomic E-state index is 13.1. The zero-order valence-electron chi connectivity index (χ0n) is 9.87. The molecule has 5 heteroatoms. The van der Waals surface area contributed by atoms with E-state index in [1.54, 1.807) is 6.92 Å². The SMILES string of the molecule is COc1ccc(F)cc1C(=O)N[C@H](C)CCO. The Morgan fingerprint density at radius 1 is 1.59 bits per heavy atom. The van der Waals surface area contributed by atoms with Crippen LogP contribution in [0.3, 0.4) is 0 Å². The molecule has 1 atom stereocenters. The van der Waals surface area contributed by atoms with Crippen LogP contribution in [0.25, 0.3) is 0 Å². The zero-order chi connectivity index (χ0) is 12.8. The van der Waals surface area contributed by atoms with Crippen LogP contribution in [0.2, 0.25) is 0 Å². The summed E-state index contributed by atoms with van der Waals surface area (Å²) in [5, 5.41) is 11.4. The second-order valence-corrected chi connectivity index (χ2v) is 3.73. The number of amides is 1. The molecule has 0 spiro atoms. The molecular formula is C12H16FNO3. The highest BCUT2D eigenvalue weighted by molar-refractivity contribution is 5.97. The predicted molar refractivity (Wildman–Crippen MR) is 61.6 cm³/mol. The van der Waals surface area contributed by atoms with Crippen molar-refractivity contribution in [1.29, 1.82) is 0 Å². The summed E-state index contributed by atoms with van der Waals surface area (Å²) in [4.78, 5) is 11.8. The van der Waals surface area contributed by atoms with Gasteiger partial charge in [-0.3, -0.25) is 4.79 Å². The summed E-state index contributed by atoms with van der Waals surface area (Å²) in [6.07, 6.45) is 0.448. The first-order valence-corrected chi connectivity index (χ1v) is 5.33. The number of nitrogens with one attached hydrogen (secondary N) is 1. The third kappa shape index (κ3) is 3.71. The molecular weight excluding hydrogens is 225 g/mol. The highest BCUT2D eigenvalue weighted by Gasteiger charge is 2.15. The topological polar surface area (TPSA) is 58.6 Å². The van der Waals surface area contributed by atoms with Crippen LogP contribution in [0.5, 0.6) is 5.75 Å².